The van der Waals surface area contributed by atoms with Gasteiger partial charge in [0.2, 0.25) is 5.43 Å². The Morgan fingerprint density at radius 2 is 1.67 bits per heavy atom. The van der Waals surface area contributed by atoms with E-state index in [9.17, 15) is 54.6 Å². The molecule has 1 saturated heterocycles. The lowest BCUT2D eigenvalue weighted by Gasteiger charge is -2.40. The SMILES string of the molecule is COc1c(N2CCN(/N=C/c3c4c(O)c5c(O)c(C)c6c(c5c3O)C(=O)[C@@](C)(O/C=C/[C@H](OC)[C@@H](C)[C@@H](OC(C)=O)[C@H](C)[C@H](O)[C@H](N)[C@@H](O)[C@@H](C)/C=C/C=C(/C)C(=O)N4)O6)C(C)C2)c(F)cc2c(=O)c(C(=O)O)cn(C3CC3)c12. The highest BCUT2D eigenvalue weighted by Crippen LogP contribution is 2.55. The van der Waals surface area contributed by atoms with Gasteiger partial charge in [-0.05, 0) is 45.8 Å². The summed E-state index contributed by atoms with van der Waals surface area (Å²) in [5.41, 5.74) is 4.42. The summed E-state index contributed by atoms with van der Waals surface area (Å²) in [5.74, 6) is -11.3. The molecule has 0 radical (unpaired) electrons. The van der Waals surface area contributed by atoms with E-state index in [2.05, 4.69) is 10.4 Å². The van der Waals surface area contributed by atoms with Gasteiger partial charge in [-0.3, -0.25) is 24.2 Å². The van der Waals surface area contributed by atoms with Crippen LogP contribution in [0.15, 0.2) is 58.3 Å². The highest BCUT2D eigenvalue weighted by Gasteiger charge is 2.50. The van der Waals surface area contributed by atoms with Gasteiger partial charge in [-0.25, -0.2) is 9.18 Å². The van der Waals surface area contributed by atoms with E-state index in [-0.39, 0.29) is 81.4 Å². The Morgan fingerprint density at radius 1 is 0.975 bits per heavy atom. The van der Waals surface area contributed by atoms with Crippen LogP contribution in [0.4, 0.5) is 15.8 Å². The summed E-state index contributed by atoms with van der Waals surface area (Å²) in [7, 11) is 2.72. The van der Waals surface area contributed by atoms with Gasteiger partial charge in [0.15, 0.2) is 17.3 Å². The van der Waals surface area contributed by atoms with Gasteiger partial charge in [0.25, 0.3) is 11.7 Å². The van der Waals surface area contributed by atoms with Crippen molar-refractivity contribution in [2.45, 2.75) is 117 Å². The zero-order valence-corrected chi connectivity index (χ0v) is 45.4. The quantitative estimate of drug-likeness (QED) is 0.0468. The monoisotopic (exact) mass is 1100 g/mol. The number of ether oxygens (including phenoxy) is 5. The van der Waals surface area contributed by atoms with Gasteiger partial charge < -0.3 is 74.8 Å². The van der Waals surface area contributed by atoms with Gasteiger partial charge in [0.1, 0.15) is 34.6 Å². The molecule has 1 unspecified atom stereocenters. The fourth-order valence-corrected chi connectivity index (χ4v) is 10.8. The van der Waals surface area contributed by atoms with E-state index in [0.29, 0.717) is 12.8 Å². The Balaban J connectivity index is 1.21. The Bertz CT molecular complexity index is 3330. The van der Waals surface area contributed by atoms with Crippen LogP contribution in [0.3, 0.4) is 0 Å². The molecule has 4 aromatic rings. The number of pyridine rings is 1. The summed E-state index contributed by atoms with van der Waals surface area (Å²) in [5, 5.41) is 77.2. The minimum absolute atomic E-state index is 0.0334. The van der Waals surface area contributed by atoms with Crippen molar-refractivity contribution in [3.63, 3.8) is 0 Å². The largest absolute Gasteiger partial charge is 0.507 e. The number of methoxy groups -OCH3 is 2. The van der Waals surface area contributed by atoms with E-state index in [1.54, 1.807) is 48.2 Å². The number of hydrogen-bond donors (Lipinski definition) is 8. The Morgan fingerprint density at radius 3 is 2.29 bits per heavy atom. The minimum Gasteiger partial charge on any atom is -0.507 e. The second-order valence-corrected chi connectivity index (χ2v) is 21.0. The number of carboxylic acids is 1. The number of nitrogens with one attached hydrogen (secondary N) is 1. The number of rotatable bonds is 8. The van der Waals surface area contributed by atoms with Crippen molar-refractivity contribution in [3.8, 4) is 28.7 Å². The molecule has 5 bridgehead atoms. The van der Waals surface area contributed by atoms with Gasteiger partial charge in [0, 0.05) is 80.6 Å². The molecule has 1 amide bonds. The maximum Gasteiger partial charge on any atom is 0.341 e. The Hall–Kier alpha value is -7.73. The number of carbonyl (C=O) groups excluding carboxylic acids is 3. The molecule has 10 atom stereocenters. The van der Waals surface area contributed by atoms with Crippen LogP contribution in [0.25, 0.3) is 21.7 Å². The second kappa shape index (κ2) is 22.2. The number of hydrazone groups is 1. The first-order chi connectivity index (χ1) is 37.3. The summed E-state index contributed by atoms with van der Waals surface area (Å²) in [6, 6.07) is -0.885. The Kier molecular flexibility index (Phi) is 16.1. The number of carbonyl (C=O) groups is 4. The molecule has 424 valence electrons. The van der Waals surface area contributed by atoms with Crippen molar-refractivity contribution < 1.29 is 77.9 Å². The van der Waals surface area contributed by atoms with Crippen molar-refractivity contribution in [1.29, 1.82) is 0 Å². The standard InChI is InChI=1S/C56H67FN6O16/c1-24-12-11-13-25(2)54(72)60-41-33(21-59-63-18-17-61(22-26(63)3)43-35(57)20-32-42(52(43)76-10)62(31-14-15-31)23-34(47(32)68)55(73)74)48(69)37-38(49(41)70)45(66)28(5)51-39(37)53(71)56(8,79-51)77-19-16-36(75-9)27(4)50(78-30(7)64)29(6)46(67)40(58)44(24)65/h11-13,16,19-21,23-24,26-27,29,31,36,40,44,46,50,65-67,69-70H,14-15,17-18,22,58H2,1-10H3,(H,60,72)(H,73,74)/b12-11+,19-16+,25-13-,59-21+/t24-,26?,27+,29+,36-,40+,44-,46-,50+,56-/m0/s1. The predicted molar refractivity (Wildman–Crippen MR) is 289 cm³/mol. The lowest BCUT2D eigenvalue weighted by Crippen LogP contribution is -2.53. The molecule has 3 aromatic carbocycles. The molecule has 1 saturated carbocycles. The number of Topliss-reactive ketones (excluding diaryl/α,β-unsaturated/α-hetero) is 1. The van der Waals surface area contributed by atoms with Gasteiger partial charge in [-0.15, -0.1) is 0 Å². The third-order valence-electron chi connectivity index (χ3n) is 15.6. The Labute approximate surface area is 453 Å². The third-order valence-corrected chi connectivity index (χ3v) is 15.6. The number of carboxylic acid groups (broad SMARTS) is 1. The number of nitrogens with zero attached hydrogens (tertiary/aromatic N) is 4. The number of aromatic carboxylic acids is 1. The summed E-state index contributed by atoms with van der Waals surface area (Å²) in [6.45, 7) is 12.4. The normalized spacial score (nSPS) is 28.6. The fraction of sp³-hybridized carbons (Fsp3) is 0.464. The first-order valence-corrected chi connectivity index (χ1v) is 25.9. The number of amides is 1. The topological polar surface area (TPSA) is 315 Å². The number of aliphatic hydroxyl groups excluding tert-OH is 2. The summed E-state index contributed by atoms with van der Waals surface area (Å²) in [4.78, 5) is 68.4. The highest BCUT2D eigenvalue weighted by molar-refractivity contribution is 6.24. The molecular formula is C56H67FN6O16. The van der Waals surface area contributed by atoms with Gasteiger partial charge >= 0.3 is 17.7 Å². The number of aromatic hydroxyl groups is 3. The number of phenolic OH excluding ortho intramolecular Hbond substituents is 3. The highest BCUT2D eigenvalue weighted by atomic mass is 19.1. The van der Waals surface area contributed by atoms with Gasteiger partial charge in [0.05, 0.1) is 89.6 Å². The first-order valence-electron chi connectivity index (χ1n) is 25.9. The van der Waals surface area contributed by atoms with E-state index < -0.39 is 129 Å². The maximum absolute atomic E-state index is 16.4. The average molecular weight is 1100 g/mol. The van der Waals surface area contributed by atoms with E-state index in [1.807, 2.05) is 0 Å². The molecule has 1 aliphatic carbocycles. The maximum atomic E-state index is 16.4. The van der Waals surface area contributed by atoms with Crippen molar-refractivity contribution >= 4 is 62.9 Å². The number of allylic oxidation sites excluding steroid dienone is 2. The lowest BCUT2D eigenvalue weighted by molar-refractivity contribution is -0.159. The van der Waals surface area contributed by atoms with Crippen LogP contribution in [0.5, 0.6) is 28.7 Å². The molecule has 79 heavy (non-hydrogen) atoms. The molecule has 5 heterocycles. The van der Waals surface area contributed by atoms with Crippen molar-refractivity contribution in [2.24, 2.45) is 28.6 Å². The molecule has 23 heteroatoms. The number of hydrogen-bond acceptors (Lipinski definition) is 19. The molecule has 22 nitrogen and oxygen atoms in total. The molecule has 4 aliphatic heterocycles. The van der Waals surface area contributed by atoms with Crippen molar-refractivity contribution in [3.05, 3.63) is 86.7 Å². The molecule has 9 N–H and O–H groups in total. The molecule has 2 fully saturated rings. The van der Waals surface area contributed by atoms with Crippen LogP contribution in [0.1, 0.15) is 99.2 Å². The average Bonchev–Trinajstić information content (AvgIpc) is 4.33. The molecule has 1 aromatic heterocycles. The number of piperazine rings is 1. The van der Waals surface area contributed by atoms with E-state index in [1.165, 1.54) is 66.3 Å². The van der Waals surface area contributed by atoms with E-state index in [4.69, 9.17) is 29.4 Å². The van der Waals surface area contributed by atoms with Gasteiger partial charge in [-0.1, -0.05) is 39.0 Å². The van der Waals surface area contributed by atoms with E-state index in [0.717, 1.165) is 18.5 Å². The number of anilines is 2. The van der Waals surface area contributed by atoms with Gasteiger partial charge in [-0.2, -0.15) is 5.10 Å². The zero-order valence-electron chi connectivity index (χ0n) is 45.4. The van der Waals surface area contributed by atoms with Crippen LogP contribution in [0.2, 0.25) is 0 Å². The summed E-state index contributed by atoms with van der Waals surface area (Å²) in [6.07, 6.45) is 6.16. The number of phenols is 3. The first kappa shape index (κ1) is 57.4. The van der Waals surface area contributed by atoms with Crippen LogP contribution in [-0.2, 0) is 23.8 Å². The second-order valence-electron chi connectivity index (χ2n) is 21.0. The number of nitrogens with two attached hydrogens (primary N) is 1. The van der Waals surface area contributed by atoms with Crippen LogP contribution >= 0.6 is 0 Å². The lowest BCUT2D eigenvalue weighted by atomic mass is 9.81. The minimum atomic E-state index is -2.17. The number of benzene rings is 3. The van der Waals surface area contributed by atoms with Crippen LogP contribution in [0, 0.1) is 30.5 Å². The molecule has 0 spiro atoms. The molecular weight excluding hydrogens is 1030 g/mol. The van der Waals surface area contributed by atoms with E-state index >= 15 is 4.39 Å². The van der Waals surface area contributed by atoms with Crippen molar-refractivity contribution in [1.82, 2.24) is 9.58 Å². The number of halogens is 1. The molecule has 9 rings (SSSR count). The molecule has 5 aliphatic rings. The number of aromatic nitrogens is 1. The summed E-state index contributed by atoms with van der Waals surface area (Å²) < 4.78 is 47.5. The number of esters is 1. The zero-order chi connectivity index (χ0) is 57.8. The number of aliphatic hydroxyl groups is 2. The fourth-order valence-electron chi connectivity index (χ4n) is 10.8. The summed E-state index contributed by atoms with van der Waals surface area (Å²) >= 11 is 0. The van der Waals surface area contributed by atoms with Crippen LogP contribution < -0.4 is 30.9 Å². The predicted octanol–water partition coefficient (Wildman–Crippen LogP) is 5.49. The smallest absolute Gasteiger partial charge is 0.341 e. The van der Waals surface area contributed by atoms with Crippen LogP contribution in [-0.4, -0.2) is 146 Å². The number of ketones is 1. The third kappa shape index (κ3) is 10.4. The van der Waals surface area contributed by atoms with Crippen molar-refractivity contribution in [2.75, 3.05) is 44.1 Å². The number of fused-ring (bicyclic) bond motifs is 15.